The lowest BCUT2D eigenvalue weighted by molar-refractivity contribution is -0.137. The predicted octanol–water partition coefficient (Wildman–Crippen LogP) is 1.94. The number of hydrogen-bond acceptors (Lipinski definition) is 3. The van der Waals surface area contributed by atoms with Crippen LogP contribution in [0.1, 0.15) is 17.2 Å². The molecular weight excluding hydrogens is 245 g/mol. The van der Waals surface area contributed by atoms with Gasteiger partial charge in [0.15, 0.2) is 0 Å². The van der Waals surface area contributed by atoms with E-state index in [1.165, 1.54) is 12.1 Å². The highest BCUT2D eigenvalue weighted by Crippen LogP contribution is 2.29. The molecule has 0 aliphatic carbocycles. The first-order chi connectivity index (χ1) is 8.49. The summed E-state index contributed by atoms with van der Waals surface area (Å²) in [6.07, 6.45) is -4.31. The van der Waals surface area contributed by atoms with Gasteiger partial charge in [0.1, 0.15) is 0 Å². The molecule has 3 nitrogen and oxygen atoms in total. The standard InChI is InChI=1S/C12H17F3N2O/c1-18-7-6-17-11(8-16)9-2-4-10(5-3-9)12(13,14)15/h2-5,11,17H,6-8,16H2,1H3. The first-order valence-electron chi connectivity index (χ1n) is 5.58. The van der Waals surface area contributed by atoms with Crippen molar-refractivity contribution in [3.8, 4) is 0 Å². The lowest BCUT2D eigenvalue weighted by Gasteiger charge is -2.17. The summed E-state index contributed by atoms with van der Waals surface area (Å²) in [4.78, 5) is 0. The molecule has 0 aliphatic heterocycles. The number of ether oxygens (including phenoxy) is 1. The molecule has 0 amide bonds. The molecule has 0 heterocycles. The maximum Gasteiger partial charge on any atom is 0.416 e. The monoisotopic (exact) mass is 262 g/mol. The van der Waals surface area contributed by atoms with Crippen LogP contribution >= 0.6 is 0 Å². The van der Waals surface area contributed by atoms with E-state index in [1.54, 1.807) is 7.11 Å². The summed E-state index contributed by atoms with van der Waals surface area (Å²) in [5.74, 6) is 0. The van der Waals surface area contributed by atoms with E-state index < -0.39 is 11.7 Å². The third kappa shape index (κ3) is 4.29. The van der Waals surface area contributed by atoms with Crippen LogP contribution in [-0.2, 0) is 10.9 Å². The molecule has 0 bridgehead atoms. The van der Waals surface area contributed by atoms with Gasteiger partial charge in [-0.05, 0) is 17.7 Å². The van der Waals surface area contributed by atoms with Crippen molar-refractivity contribution in [1.29, 1.82) is 0 Å². The Hall–Kier alpha value is -1.11. The number of benzene rings is 1. The van der Waals surface area contributed by atoms with Crippen molar-refractivity contribution in [3.63, 3.8) is 0 Å². The van der Waals surface area contributed by atoms with E-state index in [-0.39, 0.29) is 6.04 Å². The van der Waals surface area contributed by atoms with Crippen LogP contribution in [0.2, 0.25) is 0 Å². The summed E-state index contributed by atoms with van der Waals surface area (Å²) in [6, 6.07) is 4.86. The molecule has 0 radical (unpaired) electrons. The molecule has 0 fully saturated rings. The Balaban J connectivity index is 2.69. The Kier molecular flexibility index (Phi) is 5.58. The maximum atomic E-state index is 12.4. The highest BCUT2D eigenvalue weighted by molar-refractivity contribution is 5.27. The highest BCUT2D eigenvalue weighted by Gasteiger charge is 2.30. The van der Waals surface area contributed by atoms with Gasteiger partial charge < -0.3 is 15.8 Å². The lowest BCUT2D eigenvalue weighted by Crippen LogP contribution is -2.30. The average Bonchev–Trinajstić information content (AvgIpc) is 2.34. The number of hydrogen-bond donors (Lipinski definition) is 2. The van der Waals surface area contributed by atoms with Gasteiger partial charge in [-0.3, -0.25) is 0 Å². The molecule has 1 aromatic carbocycles. The molecule has 1 aromatic rings. The van der Waals surface area contributed by atoms with Crippen molar-refractivity contribution >= 4 is 0 Å². The summed E-state index contributed by atoms with van der Waals surface area (Å²) >= 11 is 0. The van der Waals surface area contributed by atoms with Gasteiger partial charge in [-0.25, -0.2) is 0 Å². The fourth-order valence-corrected chi connectivity index (χ4v) is 1.58. The molecule has 1 unspecified atom stereocenters. The van der Waals surface area contributed by atoms with E-state index in [1.807, 2.05) is 0 Å². The third-order valence-electron chi connectivity index (χ3n) is 2.57. The molecule has 3 N–H and O–H groups in total. The first kappa shape index (κ1) is 14.9. The average molecular weight is 262 g/mol. The van der Waals surface area contributed by atoms with Crippen molar-refractivity contribution in [1.82, 2.24) is 5.32 Å². The van der Waals surface area contributed by atoms with Crippen molar-refractivity contribution in [2.24, 2.45) is 5.73 Å². The zero-order chi connectivity index (χ0) is 13.6. The minimum Gasteiger partial charge on any atom is -0.383 e. The minimum absolute atomic E-state index is 0.164. The molecular formula is C12H17F3N2O. The second-order valence-corrected chi connectivity index (χ2v) is 3.85. The van der Waals surface area contributed by atoms with Gasteiger partial charge >= 0.3 is 6.18 Å². The Morgan fingerprint density at radius 1 is 1.28 bits per heavy atom. The van der Waals surface area contributed by atoms with Crippen LogP contribution in [-0.4, -0.2) is 26.8 Å². The quantitative estimate of drug-likeness (QED) is 0.770. The molecule has 1 atom stereocenters. The molecule has 1 rings (SSSR count). The van der Waals surface area contributed by atoms with Crippen LogP contribution in [0.5, 0.6) is 0 Å². The van der Waals surface area contributed by atoms with Crippen LogP contribution in [0.3, 0.4) is 0 Å². The normalized spacial score (nSPS) is 13.6. The number of alkyl halides is 3. The molecule has 0 spiro atoms. The predicted molar refractivity (Wildman–Crippen MR) is 63.1 cm³/mol. The number of nitrogens with one attached hydrogen (secondary N) is 1. The van der Waals surface area contributed by atoms with Crippen LogP contribution in [0.15, 0.2) is 24.3 Å². The summed E-state index contributed by atoms with van der Waals surface area (Å²) in [5.41, 5.74) is 5.67. The van der Waals surface area contributed by atoms with E-state index in [4.69, 9.17) is 10.5 Å². The zero-order valence-corrected chi connectivity index (χ0v) is 10.1. The summed E-state index contributed by atoms with van der Waals surface area (Å²) in [6.45, 7) is 1.44. The SMILES string of the molecule is COCCNC(CN)c1ccc(C(F)(F)F)cc1. The summed E-state index contributed by atoms with van der Waals surface area (Å²) in [7, 11) is 1.58. The minimum atomic E-state index is -4.31. The van der Waals surface area contributed by atoms with Gasteiger partial charge in [0, 0.05) is 26.2 Å². The van der Waals surface area contributed by atoms with Gasteiger partial charge in [0.05, 0.1) is 12.2 Å². The Morgan fingerprint density at radius 2 is 1.89 bits per heavy atom. The fraction of sp³-hybridized carbons (Fsp3) is 0.500. The largest absolute Gasteiger partial charge is 0.416 e. The molecule has 102 valence electrons. The molecule has 0 saturated heterocycles. The van der Waals surface area contributed by atoms with E-state index >= 15 is 0 Å². The van der Waals surface area contributed by atoms with E-state index in [2.05, 4.69) is 5.32 Å². The second-order valence-electron chi connectivity index (χ2n) is 3.85. The Bertz CT molecular complexity index is 351. The highest BCUT2D eigenvalue weighted by atomic mass is 19.4. The smallest absolute Gasteiger partial charge is 0.383 e. The summed E-state index contributed by atoms with van der Waals surface area (Å²) < 4.78 is 42.1. The van der Waals surface area contributed by atoms with Gasteiger partial charge in [0.25, 0.3) is 0 Å². The van der Waals surface area contributed by atoms with Crippen LogP contribution in [0.4, 0.5) is 13.2 Å². The van der Waals surface area contributed by atoms with E-state index in [0.717, 1.165) is 17.7 Å². The van der Waals surface area contributed by atoms with E-state index in [9.17, 15) is 13.2 Å². The molecule has 0 aliphatic rings. The van der Waals surface area contributed by atoms with Crippen molar-refractivity contribution in [2.75, 3.05) is 26.8 Å². The maximum absolute atomic E-state index is 12.4. The molecule has 6 heteroatoms. The van der Waals surface area contributed by atoms with Gasteiger partial charge in [-0.1, -0.05) is 12.1 Å². The Labute approximate surface area is 104 Å². The Morgan fingerprint density at radius 3 is 2.33 bits per heavy atom. The third-order valence-corrected chi connectivity index (χ3v) is 2.57. The first-order valence-corrected chi connectivity index (χ1v) is 5.58. The van der Waals surface area contributed by atoms with Crippen LogP contribution < -0.4 is 11.1 Å². The van der Waals surface area contributed by atoms with Crippen LogP contribution in [0.25, 0.3) is 0 Å². The van der Waals surface area contributed by atoms with Gasteiger partial charge in [0.2, 0.25) is 0 Å². The van der Waals surface area contributed by atoms with E-state index in [0.29, 0.717) is 19.7 Å². The van der Waals surface area contributed by atoms with Crippen molar-refractivity contribution in [2.45, 2.75) is 12.2 Å². The van der Waals surface area contributed by atoms with Crippen molar-refractivity contribution in [3.05, 3.63) is 35.4 Å². The molecule has 18 heavy (non-hydrogen) atoms. The number of methoxy groups -OCH3 is 1. The number of nitrogens with two attached hydrogens (primary N) is 1. The molecule has 0 aromatic heterocycles. The van der Waals surface area contributed by atoms with Gasteiger partial charge in [-0.15, -0.1) is 0 Å². The molecule has 0 saturated carbocycles. The number of halogens is 3. The topological polar surface area (TPSA) is 47.3 Å². The fourth-order valence-electron chi connectivity index (χ4n) is 1.58. The summed E-state index contributed by atoms with van der Waals surface area (Å²) in [5, 5.41) is 3.11. The van der Waals surface area contributed by atoms with Crippen molar-refractivity contribution < 1.29 is 17.9 Å². The lowest BCUT2D eigenvalue weighted by atomic mass is 10.0. The van der Waals surface area contributed by atoms with Crippen LogP contribution in [0, 0.1) is 0 Å². The number of rotatable bonds is 6. The van der Waals surface area contributed by atoms with Gasteiger partial charge in [-0.2, -0.15) is 13.2 Å². The zero-order valence-electron chi connectivity index (χ0n) is 10.1. The second kappa shape index (κ2) is 6.72.